The van der Waals surface area contributed by atoms with E-state index in [0.717, 1.165) is 6.42 Å². The number of carboxylic acids is 1. The molecule has 0 saturated heterocycles. The van der Waals surface area contributed by atoms with Crippen molar-refractivity contribution in [3.63, 3.8) is 0 Å². The van der Waals surface area contributed by atoms with Gasteiger partial charge in [0.05, 0.1) is 0 Å². The van der Waals surface area contributed by atoms with E-state index < -0.39 is 5.97 Å². The summed E-state index contributed by atoms with van der Waals surface area (Å²) in [5, 5.41) is 8.65. The average Bonchev–Trinajstić information content (AvgIpc) is 2.50. The third-order valence-electron chi connectivity index (χ3n) is 3.77. The molecule has 0 aliphatic carbocycles. The largest absolute Gasteiger partial charge is 0.478 e. The van der Waals surface area contributed by atoms with Crippen molar-refractivity contribution in [1.82, 2.24) is 0 Å². The summed E-state index contributed by atoms with van der Waals surface area (Å²) >= 11 is 0. The van der Waals surface area contributed by atoms with Gasteiger partial charge in [-0.3, -0.25) is 0 Å². The molecule has 0 fully saturated rings. The topological polar surface area (TPSA) is 37.3 Å². The number of rotatable bonds is 15. The Hall–Kier alpha value is -1.31. The molecule has 0 bridgehead atoms. The molecule has 0 unspecified atom stereocenters. The van der Waals surface area contributed by atoms with Crippen LogP contribution in [0.5, 0.6) is 0 Å². The van der Waals surface area contributed by atoms with Crippen molar-refractivity contribution in [3.05, 3.63) is 36.5 Å². The molecule has 0 rings (SSSR count). The SMILES string of the molecule is C=C(CC=CC=CCCCCCCCCCCCC)C(=O)O. The van der Waals surface area contributed by atoms with E-state index in [1.807, 2.05) is 18.2 Å². The van der Waals surface area contributed by atoms with Crippen LogP contribution in [-0.2, 0) is 4.79 Å². The Morgan fingerprint density at radius 1 is 0.864 bits per heavy atom. The van der Waals surface area contributed by atoms with Gasteiger partial charge < -0.3 is 5.11 Å². The van der Waals surface area contributed by atoms with Crippen LogP contribution in [0.4, 0.5) is 0 Å². The fourth-order valence-corrected chi connectivity index (χ4v) is 2.30. The molecule has 1 N–H and O–H groups in total. The lowest BCUT2D eigenvalue weighted by atomic mass is 10.1. The normalized spacial score (nSPS) is 11.5. The minimum Gasteiger partial charge on any atom is -0.478 e. The van der Waals surface area contributed by atoms with E-state index in [1.165, 1.54) is 64.2 Å². The maximum atomic E-state index is 10.5. The molecule has 0 aliphatic rings. The summed E-state index contributed by atoms with van der Waals surface area (Å²) in [6.45, 7) is 5.74. The summed E-state index contributed by atoms with van der Waals surface area (Å²) < 4.78 is 0. The molecular weight excluding hydrogens is 272 g/mol. The van der Waals surface area contributed by atoms with Gasteiger partial charge in [0.2, 0.25) is 0 Å². The molecule has 0 atom stereocenters. The van der Waals surface area contributed by atoms with E-state index >= 15 is 0 Å². The second-order valence-electron chi connectivity index (χ2n) is 5.94. The van der Waals surface area contributed by atoms with Gasteiger partial charge in [0, 0.05) is 5.57 Å². The molecule has 2 heteroatoms. The Bertz CT molecular complexity index is 340. The van der Waals surface area contributed by atoms with Gasteiger partial charge in [0.15, 0.2) is 0 Å². The van der Waals surface area contributed by atoms with Crippen molar-refractivity contribution in [2.75, 3.05) is 0 Å². The van der Waals surface area contributed by atoms with Crippen molar-refractivity contribution in [3.8, 4) is 0 Å². The monoisotopic (exact) mass is 306 g/mol. The van der Waals surface area contributed by atoms with Gasteiger partial charge in [-0.15, -0.1) is 0 Å². The Labute approximate surface area is 137 Å². The van der Waals surface area contributed by atoms with E-state index in [2.05, 4.69) is 19.6 Å². The quantitative estimate of drug-likeness (QED) is 0.215. The predicted octanol–water partition coefficient (Wildman–Crippen LogP) is 6.44. The number of unbranched alkanes of at least 4 members (excludes halogenated alkanes) is 10. The Kier molecular flexibility index (Phi) is 15.1. The second-order valence-corrected chi connectivity index (χ2v) is 5.94. The standard InChI is InChI=1S/C20H34O2/c1-3-4-5-6-7-8-9-10-11-12-13-14-15-16-17-18-19(2)20(21)22/h14-17H,2-13,18H2,1H3,(H,21,22). The van der Waals surface area contributed by atoms with Gasteiger partial charge in [-0.1, -0.05) is 95.6 Å². The van der Waals surface area contributed by atoms with Crippen LogP contribution >= 0.6 is 0 Å². The minimum absolute atomic E-state index is 0.236. The fraction of sp³-hybridized carbons (Fsp3) is 0.650. The molecule has 0 aromatic rings. The van der Waals surface area contributed by atoms with E-state index in [0.29, 0.717) is 6.42 Å². The first-order chi connectivity index (χ1) is 10.7. The lowest BCUT2D eigenvalue weighted by molar-refractivity contribution is -0.132. The van der Waals surface area contributed by atoms with Crippen LogP contribution in [0.3, 0.4) is 0 Å². The number of aliphatic carboxylic acids is 1. The predicted molar refractivity (Wildman–Crippen MR) is 96.1 cm³/mol. The highest BCUT2D eigenvalue weighted by Gasteiger charge is 1.98. The van der Waals surface area contributed by atoms with Gasteiger partial charge in [0.1, 0.15) is 0 Å². The summed E-state index contributed by atoms with van der Waals surface area (Å²) in [5.41, 5.74) is 0.236. The number of carboxylic acid groups (broad SMARTS) is 1. The van der Waals surface area contributed by atoms with Gasteiger partial charge in [0.25, 0.3) is 0 Å². The van der Waals surface area contributed by atoms with Crippen LogP contribution in [0.2, 0.25) is 0 Å². The van der Waals surface area contributed by atoms with Crippen LogP contribution in [0.25, 0.3) is 0 Å². The lowest BCUT2D eigenvalue weighted by Gasteiger charge is -2.01. The first-order valence-electron chi connectivity index (χ1n) is 8.91. The highest BCUT2D eigenvalue weighted by Crippen LogP contribution is 2.11. The molecule has 0 aromatic carbocycles. The molecule has 0 amide bonds. The van der Waals surface area contributed by atoms with Gasteiger partial charge in [-0.2, -0.15) is 0 Å². The molecule has 0 aromatic heterocycles. The van der Waals surface area contributed by atoms with Crippen LogP contribution in [0, 0.1) is 0 Å². The highest BCUT2D eigenvalue weighted by molar-refractivity contribution is 5.86. The van der Waals surface area contributed by atoms with Gasteiger partial charge >= 0.3 is 5.97 Å². The molecule has 2 nitrogen and oxygen atoms in total. The zero-order chi connectivity index (χ0) is 16.5. The maximum Gasteiger partial charge on any atom is 0.331 e. The van der Waals surface area contributed by atoms with E-state index in [4.69, 9.17) is 5.11 Å². The van der Waals surface area contributed by atoms with Crippen molar-refractivity contribution in [2.24, 2.45) is 0 Å². The second kappa shape index (κ2) is 16.1. The zero-order valence-corrected chi connectivity index (χ0v) is 14.4. The first-order valence-corrected chi connectivity index (χ1v) is 8.91. The molecular formula is C20H34O2. The van der Waals surface area contributed by atoms with E-state index in [-0.39, 0.29) is 5.57 Å². The smallest absolute Gasteiger partial charge is 0.331 e. The van der Waals surface area contributed by atoms with E-state index in [1.54, 1.807) is 0 Å². The Balaban J connectivity index is 3.28. The molecule has 0 spiro atoms. The molecule has 0 heterocycles. The fourth-order valence-electron chi connectivity index (χ4n) is 2.30. The maximum absolute atomic E-state index is 10.5. The summed E-state index contributed by atoms with van der Waals surface area (Å²) in [7, 11) is 0. The van der Waals surface area contributed by atoms with Crippen molar-refractivity contribution < 1.29 is 9.90 Å². The van der Waals surface area contributed by atoms with Gasteiger partial charge in [-0.25, -0.2) is 4.79 Å². The molecule has 22 heavy (non-hydrogen) atoms. The van der Waals surface area contributed by atoms with Crippen LogP contribution in [0.1, 0.15) is 84.0 Å². The first kappa shape index (κ1) is 20.7. The molecule has 0 saturated carbocycles. The third kappa shape index (κ3) is 15.1. The highest BCUT2D eigenvalue weighted by atomic mass is 16.4. The molecule has 0 aliphatic heterocycles. The number of hydrogen-bond donors (Lipinski definition) is 1. The van der Waals surface area contributed by atoms with Crippen LogP contribution in [0.15, 0.2) is 36.5 Å². The molecule has 0 radical (unpaired) electrons. The summed E-state index contributed by atoms with van der Waals surface area (Å²) in [5.74, 6) is -0.918. The zero-order valence-electron chi connectivity index (χ0n) is 14.4. The van der Waals surface area contributed by atoms with Crippen molar-refractivity contribution in [2.45, 2.75) is 84.0 Å². The third-order valence-corrected chi connectivity index (χ3v) is 3.77. The Morgan fingerprint density at radius 3 is 1.91 bits per heavy atom. The van der Waals surface area contributed by atoms with Crippen molar-refractivity contribution >= 4 is 5.97 Å². The lowest BCUT2D eigenvalue weighted by Crippen LogP contribution is -1.96. The number of hydrogen-bond acceptors (Lipinski definition) is 1. The van der Waals surface area contributed by atoms with Crippen molar-refractivity contribution in [1.29, 1.82) is 0 Å². The summed E-state index contributed by atoms with van der Waals surface area (Å²) in [6.07, 6.45) is 23.1. The van der Waals surface area contributed by atoms with Gasteiger partial charge in [-0.05, 0) is 19.3 Å². The number of carbonyl (C=O) groups is 1. The van der Waals surface area contributed by atoms with Crippen LogP contribution in [-0.4, -0.2) is 11.1 Å². The summed E-state index contributed by atoms with van der Waals surface area (Å²) in [4.78, 5) is 10.5. The average molecular weight is 306 g/mol. The number of allylic oxidation sites excluding steroid dienone is 4. The Morgan fingerprint density at radius 2 is 1.36 bits per heavy atom. The minimum atomic E-state index is -0.918. The van der Waals surface area contributed by atoms with Crippen LogP contribution < -0.4 is 0 Å². The summed E-state index contributed by atoms with van der Waals surface area (Å²) in [6, 6.07) is 0. The molecule has 126 valence electrons. The van der Waals surface area contributed by atoms with E-state index in [9.17, 15) is 4.79 Å².